The number of methoxy groups -OCH3 is 1. The number of thioether (sulfide) groups is 1. The van der Waals surface area contributed by atoms with E-state index in [9.17, 15) is 4.79 Å². The molecule has 0 atom stereocenters. The van der Waals surface area contributed by atoms with E-state index in [4.69, 9.17) is 4.74 Å². The van der Waals surface area contributed by atoms with Crippen LogP contribution in [0.2, 0.25) is 0 Å². The van der Waals surface area contributed by atoms with Crippen molar-refractivity contribution >= 4 is 11.8 Å². The van der Waals surface area contributed by atoms with Crippen molar-refractivity contribution in [2.24, 2.45) is 0 Å². The number of ether oxygens (including phenoxy) is 1. The second kappa shape index (κ2) is 9.53. The first-order chi connectivity index (χ1) is 11.2. The van der Waals surface area contributed by atoms with Gasteiger partial charge in [-0.3, -0.25) is 9.36 Å². The van der Waals surface area contributed by atoms with Gasteiger partial charge in [-0.25, -0.2) is 4.98 Å². The molecule has 0 aliphatic rings. The summed E-state index contributed by atoms with van der Waals surface area (Å²) in [4.78, 5) is 17.0. The minimum absolute atomic E-state index is 0.00814. The van der Waals surface area contributed by atoms with Crippen LogP contribution in [0, 0.1) is 6.92 Å². The molecule has 124 valence electrons. The zero-order valence-corrected chi connectivity index (χ0v) is 14.6. The largest absolute Gasteiger partial charge is 0.385 e. The fourth-order valence-electron chi connectivity index (χ4n) is 2.30. The number of unbranched alkanes of at least 4 members (excludes halogenated alkanes) is 3. The lowest BCUT2D eigenvalue weighted by Crippen LogP contribution is -2.23. The van der Waals surface area contributed by atoms with Crippen LogP contribution in [0.25, 0.3) is 5.69 Å². The molecular weight excluding hydrogens is 308 g/mol. The molecule has 1 aromatic heterocycles. The number of hydrogen-bond acceptors (Lipinski definition) is 4. The molecule has 0 radical (unpaired) electrons. The van der Waals surface area contributed by atoms with Crippen molar-refractivity contribution in [3.63, 3.8) is 0 Å². The molecule has 0 unspecified atom stereocenters. The van der Waals surface area contributed by atoms with Gasteiger partial charge in [0.2, 0.25) is 0 Å². The summed E-state index contributed by atoms with van der Waals surface area (Å²) in [5.74, 6) is 0.968. The van der Waals surface area contributed by atoms with Crippen LogP contribution in [0.4, 0.5) is 0 Å². The van der Waals surface area contributed by atoms with Crippen LogP contribution in [0.15, 0.2) is 46.5 Å². The van der Waals surface area contributed by atoms with Gasteiger partial charge in [-0.05, 0) is 31.9 Å². The van der Waals surface area contributed by atoms with Crippen LogP contribution in [-0.4, -0.2) is 29.0 Å². The van der Waals surface area contributed by atoms with E-state index in [1.54, 1.807) is 36.6 Å². The molecule has 4 nitrogen and oxygen atoms in total. The highest BCUT2D eigenvalue weighted by Gasteiger charge is 2.10. The van der Waals surface area contributed by atoms with Crippen LogP contribution in [0.3, 0.4) is 0 Å². The predicted octanol–water partition coefficient (Wildman–Crippen LogP) is 3.84. The highest BCUT2D eigenvalue weighted by Crippen LogP contribution is 2.20. The topological polar surface area (TPSA) is 44.1 Å². The molecule has 0 aliphatic heterocycles. The summed E-state index contributed by atoms with van der Waals surface area (Å²) in [7, 11) is 1.74. The number of rotatable bonds is 9. The van der Waals surface area contributed by atoms with E-state index in [1.807, 2.05) is 30.3 Å². The number of para-hydroxylation sites is 1. The standard InChI is InChI=1S/C18H24N2O2S/c1-15-14-19-18(23-13-9-4-3-8-12-22-2)20(17(15)21)16-10-6-5-7-11-16/h5-7,10-11,14H,3-4,8-9,12-13H2,1-2H3. The summed E-state index contributed by atoms with van der Waals surface area (Å²) in [6, 6.07) is 9.71. The molecule has 1 aromatic carbocycles. The zero-order chi connectivity index (χ0) is 16.5. The number of aryl methyl sites for hydroxylation is 1. The molecule has 0 saturated carbocycles. The lowest BCUT2D eigenvalue weighted by atomic mass is 10.2. The summed E-state index contributed by atoms with van der Waals surface area (Å²) in [5.41, 5.74) is 1.54. The smallest absolute Gasteiger partial charge is 0.261 e. The van der Waals surface area contributed by atoms with Crippen molar-refractivity contribution in [1.29, 1.82) is 0 Å². The van der Waals surface area contributed by atoms with E-state index < -0.39 is 0 Å². The number of nitrogens with zero attached hydrogens (tertiary/aromatic N) is 2. The van der Waals surface area contributed by atoms with Crippen molar-refractivity contribution < 1.29 is 4.74 Å². The molecule has 5 heteroatoms. The summed E-state index contributed by atoms with van der Waals surface area (Å²) in [6.07, 6.45) is 6.26. The maximum absolute atomic E-state index is 12.5. The Balaban J connectivity index is 2.02. The molecule has 0 fully saturated rings. The summed E-state index contributed by atoms with van der Waals surface area (Å²) >= 11 is 1.65. The molecule has 23 heavy (non-hydrogen) atoms. The van der Waals surface area contributed by atoms with Crippen LogP contribution >= 0.6 is 11.8 Å². The van der Waals surface area contributed by atoms with Crippen LogP contribution in [0.5, 0.6) is 0 Å². The monoisotopic (exact) mass is 332 g/mol. The van der Waals surface area contributed by atoms with E-state index in [2.05, 4.69) is 4.98 Å². The van der Waals surface area contributed by atoms with E-state index >= 15 is 0 Å². The Hall–Kier alpha value is -1.59. The molecule has 0 saturated heterocycles. The van der Waals surface area contributed by atoms with Crippen molar-refractivity contribution in [1.82, 2.24) is 9.55 Å². The van der Waals surface area contributed by atoms with Gasteiger partial charge in [-0.1, -0.05) is 42.8 Å². The molecule has 2 rings (SSSR count). The van der Waals surface area contributed by atoms with Gasteiger partial charge in [0.05, 0.1) is 5.69 Å². The highest BCUT2D eigenvalue weighted by molar-refractivity contribution is 7.99. The molecular formula is C18H24N2O2S. The Morgan fingerprint density at radius 1 is 1.13 bits per heavy atom. The minimum Gasteiger partial charge on any atom is -0.385 e. The summed E-state index contributed by atoms with van der Waals surface area (Å²) < 4.78 is 6.77. The Labute approximate surface area is 141 Å². The van der Waals surface area contributed by atoms with Gasteiger partial charge in [0.1, 0.15) is 0 Å². The van der Waals surface area contributed by atoms with Crippen LogP contribution in [0.1, 0.15) is 31.2 Å². The van der Waals surface area contributed by atoms with Gasteiger partial charge in [0, 0.05) is 31.2 Å². The van der Waals surface area contributed by atoms with Crippen LogP contribution < -0.4 is 5.56 Å². The summed E-state index contributed by atoms with van der Waals surface area (Å²) in [6.45, 7) is 2.64. The van der Waals surface area contributed by atoms with Crippen molar-refractivity contribution in [2.45, 2.75) is 37.8 Å². The van der Waals surface area contributed by atoms with E-state index in [-0.39, 0.29) is 5.56 Å². The predicted molar refractivity (Wildman–Crippen MR) is 95.6 cm³/mol. The first-order valence-electron chi connectivity index (χ1n) is 8.00. The van der Waals surface area contributed by atoms with Gasteiger partial charge < -0.3 is 4.74 Å². The van der Waals surface area contributed by atoms with Gasteiger partial charge >= 0.3 is 0 Å². The molecule has 0 N–H and O–H groups in total. The molecule has 2 aromatic rings. The van der Waals surface area contributed by atoms with E-state index in [0.717, 1.165) is 36.0 Å². The van der Waals surface area contributed by atoms with Crippen molar-refractivity contribution in [2.75, 3.05) is 19.5 Å². The zero-order valence-electron chi connectivity index (χ0n) is 13.8. The Morgan fingerprint density at radius 3 is 2.61 bits per heavy atom. The second-order valence-corrected chi connectivity index (χ2v) is 6.52. The minimum atomic E-state index is 0.00814. The fraction of sp³-hybridized carbons (Fsp3) is 0.444. The molecule has 0 amide bonds. The van der Waals surface area contributed by atoms with Gasteiger partial charge in [-0.2, -0.15) is 0 Å². The van der Waals surface area contributed by atoms with Crippen molar-refractivity contribution in [3.05, 3.63) is 52.4 Å². The van der Waals surface area contributed by atoms with Gasteiger partial charge in [0.25, 0.3) is 5.56 Å². The average molecular weight is 332 g/mol. The molecule has 0 aliphatic carbocycles. The van der Waals surface area contributed by atoms with Gasteiger partial charge in [-0.15, -0.1) is 0 Å². The molecule has 1 heterocycles. The highest BCUT2D eigenvalue weighted by atomic mass is 32.2. The molecule has 0 spiro atoms. The number of benzene rings is 1. The van der Waals surface area contributed by atoms with E-state index in [1.165, 1.54) is 12.8 Å². The normalized spacial score (nSPS) is 10.9. The summed E-state index contributed by atoms with van der Waals surface area (Å²) in [5, 5.41) is 0.767. The lowest BCUT2D eigenvalue weighted by molar-refractivity contribution is 0.192. The maximum atomic E-state index is 12.5. The van der Waals surface area contributed by atoms with Crippen LogP contribution in [-0.2, 0) is 4.74 Å². The van der Waals surface area contributed by atoms with E-state index in [0.29, 0.717) is 5.56 Å². The molecule has 0 bridgehead atoms. The fourth-order valence-corrected chi connectivity index (χ4v) is 3.28. The SMILES string of the molecule is COCCCCCCSc1ncc(C)c(=O)n1-c1ccccc1. The lowest BCUT2D eigenvalue weighted by Gasteiger charge is -2.12. The van der Waals surface area contributed by atoms with Gasteiger partial charge in [0.15, 0.2) is 5.16 Å². The number of hydrogen-bond donors (Lipinski definition) is 0. The first kappa shape index (κ1) is 17.8. The third-order valence-electron chi connectivity index (χ3n) is 3.59. The third kappa shape index (κ3) is 5.22. The Bertz CT molecular complexity index is 656. The Kier molecular flexibility index (Phi) is 7.36. The Morgan fingerprint density at radius 2 is 1.87 bits per heavy atom. The number of aromatic nitrogens is 2. The average Bonchev–Trinajstić information content (AvgIpc) is 2.58. The quantitative estimate of drug-likeness (QED) is 0.397. The third-order valence-corrected chi connectivity index (χ3v) is 4.63. The second-order valence-electron chi connectivity index (χ2n) is 5.46. The van der Waals surface area contributed by atoms with Crippen molar-refractivity contribution in [3.8, 4) is 5.69 Å². The maximum Gasteiger partial charge on any atom is 0.261 e. The first-order valence-corrected chi connectivity index (χ1v) is 8.98.